The Morgan fingerprint density at radius 2 is 1.88 bits per heavy atom. The first-order valence-corrected chi connectivity index (χ1v) is 10.8. The van der Waals surface area contributed by atoms with Gasteiger partial charge in [0.1, 0.15) is 5.82 Å². The smallest absolute Gasteiger partial charge is 0.251 e. The van der Waals surface area contributed by atoms with E-state index in [-0.39, 0.29) is 17.8 Å². The number of amides is 1. The molecule has 0 radical (unpaired) electrons. The van der Waals surface area contributed by atoms with E-state index >= 15 is 0 Å². The molecule has 2 aromatic carbocycles. The molecule has 168 valence electrons. The first kappa shape index (κ1) is 21.4. The third-order valence-corrected chi connectivity index (χ3v) is 5.58. The van der Waals surface area contributed by atoms with E-state index in [1.54, 1.807) is 36.8 Å². The van der Waals surface area contributed by atoms with Gasteiger partial charge < -0.3 is 5.32 Å². The molecule has 1 N–H and O–H groups in total. The number of benzene rings is 2. The molecule has 0 spiro atoms. The van der Waals surface area contributed by atoms with Crippen molar-refractivity contribution < 1.29 is 9.18 Å². The van der Waals surface area contributed by atoms with Crippen LogP contribution in [0.15, 0.2) is 79.4 Å². The molecule has 5 aromatic rings. The summed E-state index contributed by atoms with van der Waals surface area (Å²) in [5.74, 6) is -0.119. The number of carbonyl (C=O) groups excluding carboxylic acids is 1. The molecule has 1 amide bonds. The van der Waals surface area contributed by atoms with Crippen LogP contribution in [0.4, 0.5) is 4.39 Å². The Kier molecular flexibility index (Phi) is 5.55. The van der Waals surface area contributed by atoms with Crippen LogP contribution in [0.1, 0.15) is 34.6 Å². The largest absolute Gasteiger partial charge is 0.344 e. The maximum Gasteiger partial charge on any atom is 0.251 e. The second-order valence-electron chi connectivity index (χ2n) is 8.06. The quantitative estimate of drug-likeness (QED) is 0.414. The summed E-state index contributed by atoms with van der Waals surface area (Å²) in [6, 6.07) is 15.5. The second-order valence-corrected chi connectivity index (χ2v) is 8.06. The van der Waals surface area contributed by atoms with Crippen LogP contribution in [0.2, 0.25) is 0 Å². The second kappa shape index (κ2) is 8.82. The van der Waals surface area contributed by atoms with Crippen LogP contribution in [0.25, 0.3) is 28.2 Å². The number of nitrogens with one attached hydrogen (secondary N) is 1. The molecule has 1 unspecified atom stereocenters. The van der Waals surface area contributed by atoms with Crippen LogP contribution in [-0.4, -0.2) is 30.5 Å². The van der Waals surface area contributed by atoms with Gasteiger partial charge in [-0.25, -0.2) is 4.39 Å². The van der Waals surface area contributed by atoms with Crippen molar-refractivity contribution in [2.24, 2.45) is 0 Å². The summed E-state index contributed by atoms with van der Waals surface area (Å²) in [7, 11) is 0. The van der Waals surface area contributed by atoms with E-state index < -0.39 is 0 Å². The molecule has 8 heteroatoms. The van der Waals surface area contributed by atoms with Crippen molar-refractivity contribution in [1.82, 2.24) is 29.9 Å². The summed E-state index contributed by atoms with van der Waals surface area (Å²) in [5, 5.41) is 11.5. The molecule has 0 aliphatic carbocycles. The van der Waals surface area contributed by atoms with Crippen molar-refractivity contribution in [3.05, 3.63) is 102 Å². The van der Waals surface area contributed by atoms with Crippen molar-refractivity contribution in [2.45, 2.75) is 19.9 Å². The molecule has 0 bridgehead atoms. The highest BCUT2D eigenvalue weighted by Crippen LogP contribution is 2.30. The number of rotatable bonds is 5. The van der Waals surface area contributed by atoms with Crippen molar-refractivity contribution in [3.63, 3.8) is 0 Å². The average molecular weight is 452 g/mol. The van der Waals surface area contributed by atoms with Gasteiger partial charge in [-0.3, -0.25) is 19.2 Å². The van der Waals surface area contributed by atoms with Gasteiger partial charge in [0.05, 0.1) is 17.9 Å². The summed E-state index contributed by atoms with van der Waals surface area (Å²) in [4.78, 5) is 21.6. The summed E-state index contributed by atoms with van der Waals surface area (Å²) in [5.41, 5.74) is 4.12. The molecular weight excluding hydrogens is 431 g/mol. The third-order valence-electron chi connectivity index (χ3n) is 5.58. The molecule has 0 fully saturated rings. The molecule has 3 aromatic heterocycles. The molecule has 0 saturated carbocycles. The number of aromatic nitrogens is 5. The van der Waals surface area contributed by atoms with E-state index in [4.69, 9.17) is 0 Å². The van der Waals surface area contributed by atoms with E-state index in [9.17, 15) is 9.18 Å². The topological polar surface area (TPSA) is 85.1 Å². The molecule has 1 atom stereocenters. The zero-order valence-corrected chi connectivity index (χ0v) is 18.6. The number of nitrogens with zero attached hydrogens (tertiary/aromatic N) is 5. The normalized spacial score (nSPS) is 12.0. The Hall–Kier alpha value is -4.46. The fourth-order valence-corrected chi connectivity index (χ4v) is 3.82. The standard InChI is InChI=1S/C26H21FN6O/c1-16-6-7-21(22(27)11-16)18-12-19(25-32-31-24-5-3-4-10-33(24)25)14-20(13-18)26(34)30-17(2)23-15-28-8-9-29-23/h3-15,17H,1-2H3,(H,30,34). The Morgan fingerprint density at radius 1 is 1.03 bits per heavy atom. The predicted octanol–water partition coefficient (Wildman–Crippen LogP) is 4.79. The summed E-state index contributed by atoms with van der Waals surface area (Å²) in [6.45, 7) is 3.66. The monoisotopic (exact) mass is 452 g/mol. The SMILES string of the molecule is Cc1ccc(-c2cc(C(=O)NC(C)c3cnccn3)cc(-c3nnc4ccccn34)c2)c(F)c1. The van der Waals surface area contributed by atoms with Crippen molar-refractivity contribution in [1.29, 1.82) is 0 Å². The van der Waals surface area contributed by atoms with E-state index in [2.05, 4.69) is 25.5 Å². The van der Waals surface area contributed by atoms with E-state index in [1.807, 2.05) is 54.8 Å². The summed E-state index contributed by atoms with van der Waals surface area (Å²) >= 11 is 0. The number of fused-ring (bicyclic) bond motifs is 1. The lowest BCUT2D eigenvalue weighted by Gasteiger charge is -2.15. The van der Waals surface area contributed by atoms with Crippen molar-refractivity contribution in [3.8, 4) is 22.5 Å². The number of hydrogen-bond acceptors (Lipinski definition) is 5. The highest BCUT2D eigenvalue weighted by molar-refractivity contribution is 5.97. The van der Waals surface area contributed by atoms with Crippen LogP contribution >= 0.6 is 0 Å². The van der Waals surface area contributed by atoms with Crippen molar-refractivity contribution in [2.75, 3.05) is 0 Å². The van der Waals surface area contributed by atoms with E-state index in [1.165, 1.54) is 6.07 Å². The fourth-order valence-electron chi connectivity index (χ4n) is 3.82. The zero-order valence-electron chi connectivity index (χ0n) is 18.6. The number of hydrogen-bond donors (Lipinski definition) is 1. The van der Waals surface area contributed by atoms with Gasteiger partial charge in [0.2, 0.25) is 0 Å². The van der Waals surface area contributed by atoms with Gasteiger partial charge in [0.25, 0.3) is 5.91 Å². The van der Waals surface area contributed by atoms with Crippen molar-refractivity contribution >= 4 is 11.6 Å². The van der Waals surface area contributed by atoms with Gasteiger partial charge in [-0.1, -0.05) is 18.2 Å². The summed E-state index contributed by atoms with van der Waals surface area (Å²) < 4.78 is 16.7. The molecule has 3 heterocycles. The third kappa shape index (κ3) is 4.13. The molecule has 0 aliphatic rings. The minimum absolute atomic E-state index is 0.317. The Bertz CT molecular complexity index is 1500. The van der Waals surface area contributed by atoms with Gasteiger partial charge in [-0.05, 0) is 61.4 Å². The molecule has 5 rings (SSSR count). The Balaban J connectivity index is 1.61. The summed E-state index contributed by atoms with van der Waals surface area (Å²) in [6.07, 6.45) is 6.61. The van der Waals surface area contributed by atoms with E-state index in [0.29, 0.717) is 39.4 Å². The number of halogens is 1. The van der Waals surface area contributed by atoms with Crippen LogP contribution in [0.3, 0.4) is 0 Å². The lowest BCUT2D eigenvalue weighted by atomic mass is 9.97. The van der Waals surface area contributed by atoms with Gasteiger partial charge in [0, 0.05) is 35.3 Å². The van der Waals surface area contributed by atoms with Gasteiger partial charge in [0.15, 0.2) is 11.5 Å². The fraction of sp³-hybridized carbons (Fsp3) is 0.115. The number of carbonyl (C=O) groups is 1. The van der Waals surface area contributed by atoms with Crippen LogP contribution < -0.4 is 5.32 Å². The minimum Gasteiger partial charge on any atom is -0.344 e. The lowest BCUT2D eigenvalue weighted by Crippen LogP contribution is -2.27. The number of pyridine rings is 1. The number of aryl methyl sites for hydroxylation is 1. The van der Waals surface area contributed by atoms with E-state index in [0.717, 1.165) is 5.56 Å². The first-order valence-electron chi connectivity index (χ1n) is 10.8. The lowest BCUT2D eigenvalue weighted by molar-refractivity contribution is 0.0939. The molecule has 0 aliphatic heterocycles. The highest BCUT2D eigenvalue weighted by atomic mass is 19.1. The molecule has 0 saturated heterocycles. The first-order chi connectivity index (χ1) is 16.5. The predicted molar refractivity (Wildman–Crippen MR) is 126 cm³/mol. The van der Waals surface area contributed by atoms with Gasteiger partial charge in [-0.2, -0.15) is 0 Å². The van der Waals surface area contributed by atoms with Crippen LogP contribution in [-0.2, 0) is 0 Å². The maximum atomic E-state index is 14.9. The Labute approximate surface area is 195 Å². The van der Waals surface area contributed by atoms with Gasteiger partial charge >= 0.3 is 0 Å². The van der Waals surface area contributed by atoms with Gasteiger partial charge in [-0.15, -0.1) is 10.2 Å². The van der Waals surface area contributed by atoms with Crippen LogP contribution in [0, 0.1) is 12.7 Å². The minimum atomic E-state index is -0.363. The molecule has 34 heavy (non-hydrogen) atoms. The zero-order chi connectivity index (χ0) is 23.7. The highest BCUT2D eigenvalue weighted by Gasteiger charge is 2.18. The molecule has 7 nitrogen and oxygen atoms in total. The molecular formula is C26H21FN6O. The Morgan fingerprint density at radius 3 is 2.68 bits per heavy atom. The maximum absolute atomic E-state index is 14.9. The van der Waals surface area contributed by atoms with Crippen LogP contribution in [0.5, 0.6) is 0 Å². The average Bonchev–Trinajstić information content (AvgIpc) is 3.28.